The second kappa shape index (κ2) is 11.2. The summed E-state index contributed by atoms with van der Waals surface area (Å²) >= 11 is 0. The summed E-state index contributed by atoms with van der Waals surface area (Å²) in [6, 6.07) is 9.27. The van der Waals surface area contributed by atoms with E-state index in [1.165, 1.54) is 0 Å². The van der Waals surface area contributed by atoms with E-state index in [-0.39, 0.29) is 30.5 Å². The molecule has 0 unspecified atom stereocenters. The quantitative estimate of drug-likeness (QED) is 0.626. The Morgan fingerprint density at radius 1 is 0.844 bits per heavy atom. The van der Waals surface area contributed by atoms with Crippen molar-refractivity contribution in [2.45, 2.75) is 32.1 Å². The van der Waals surface area contributed by atoms with Crippen molar-refractivity contribution in [1.29, 1.82) is 0 Å². The molecule has 0 radical (unpaired) electrons. The topological polar surface area (TPSA) is 90.5 Å². The van der Waals surface area contributed by atoms with Crippen LogP contribution in [0.1, 0.15) is 42.5 Å². The summed E-state index contributed by atoms with van der Waals surface area (Å²) in [4.78, 5) is 38.2. The third-order valence-electron chi connectivity index (χ3n) is 5.13. The molecular formula is C23H26F2N4O3. The van der Waals surface area contributed by atoms with Gasteiger partial charge >= 0.3 is 6.03 Å². The van der Waals surface area contributed by atoms with Crippen LogP contribution in [-0.4, -0.2) is 42.4 Å². The molecule has 1 fully saturated rings. The molecule has 32 heavy (non-hydrogen) atoms. The average molecular weight is 444 g/mol. The maximum atomic E-state index is 13.6. The molecule has 1 heterocycles. The normalized spacial score (nSPS) is 13.8. The maximum Gasteiger partial charge on any atom is 0.321 e. The first-order valence-corrected chi connectivity index (χ1v) is 10.6. The van der Waals surface area contributed by atoms with Crippen LogP contribution in [0.2, 0.25) is 0 Å². The minimum atomic E-state index is -0.963. The van der Waals surface area contributed by atoms with Crippen molar-refractivity contribution in [2.24, 2.45) is 0 Å². The molecule has 0 aliphatic carbocycles. The fourth-order valence-electron chi connectivity index (χ4n) is 3.40. The standard InChI is InChI=1S/C23H26F2N4O3/c24-16-5-10-19(20(25)15-16)22(31)26-12-11-21(30)27-17-6-8-18(9-7-17)28-23(32)29-13-3-1-2-4-14-29/h5-10,15H,1-4,11-14H2,(H,26,31)(H,27,30)(H,28,32). The smallest absolute Gasteiger partial charge is 0.321 e. The molecule has 0 aromatic heterocycles. The van der Waals surface area contributed by atoms with Gasteiger partial charge in [0.1, 0.15) is 11.6 Å². The third-order valence-corrected chi connectivity index (χ3v) is 5.13. The molecule has 3 N–H and O–H groups in total. The van der Waals surface area contributed by atoms with Gasteiger partial charge in [0.15, 0.2) is 0 Å². The van der Waals surface area contributed by atoms with E-state index >= 15 is 0 Å². The summed E-state index contributed by atoms with van der Waals surface area (Å²) < 4.78 is 26.5. The molecule has 0 saturated carbocycles. The van der Waals surface area contributed by atoms with Gasteiger partial charge in [-0.2, -0.15) is 0 Å². The van der Waals surface area contributed by atoms with E-state index < -0.39 is 17.5 Å². The Morgan fingerprint density at radius 2 is 1.47 bits per heavy atom. The Balaban J connectivity index is 1.42. The van der Waals surface area contributed by atoms with Crippen molar-refractivity contribution < 1.29 is 23.2 Å². The number of carbonyl (C=O) groups excluding carboxylic acids is 3. The number of benzene rings is 2. The molecule has 3 rings (SSSR count). The predicted octanol–water partition coefficient (Wildman–Crippen LogP) is 4.13. The van der Waals surface area contributed by atoms with Gasteiger partial charge in [0.25, 0.3) is 5.91 Å². The zero-order valence-corrected chi connectivity index (χ0v) is 17.6. The van der Waals surface area contributed by atoms with Crippen molar-refractivity contribution in [3.8, 4) is 0 Å². The highest BCUT2D eigenvalue weighted by Gasteiger charge is 2.16. The Labute approximate surface area is 185 Å². The zero-order valence-electron chi connectivity index (χ0n) is 17.6. The SMILES string of the molecule is O=C(CCNC(=O)c1ccc(F)cc1F)Nc1ccc(NC(=O)N2CCCCCC2)cc1. The Morgan fingerprint density at radius 3 is 2.09 bits per heavy atom. The van der Waals surface area contributed by atoms with E-state index in [1.54, 1.807) is 24.3 Å². The molecule has 0 spiro atoms. The number of anilines is 2. The van der Waals surface area contributed by atoms with Gasteiger partial charge in [-0.1, -0.05) is 12.8 Å². The van der Waals surface area contributed by atoms with Crippen LogP contribution in [-0.2, 0) is 4.79 Å². The van der Waals surface area contributed by atoms with Crippen LogP contribution in [0.3, 0.4) is 0 Å². The molecule has 170 valence electrons. The molecule has 1 aliphatic heterocycles. The van der Waals surface area contributed by atoms with Gasteiger partial charge in [0.05, 0.1) is 5.56 Å². The minimum absolute atomic E-state index is 0.00847. The molecule has 4 amide bonds. The Bertz CT molecular complexity index is 958. The number of rotatable bonds is 6. The molecule has 9 heteroatoms. The lowest BCUT2D eigenvalue weighted by Crippen LogP contribution is -2.35. The van der Waals surface area contributed by atoms with Crippen molar-refractivity contribution in [3.05, 3.63) is 59.7 Å². The van der Waals surface area contributed by atoms with Crippen molar-refractivity contribution in [2.75, 3.05) is 30.3 Å². The summed E-state index contributed by atoms with van der Waals surface area (Å²) in [5.74, 6) is -2.80. The minimum Gasteiger partial charge on any atom is -0.351 e. The number of carbonyl (C=O) groups is 3. The first-order valence-electron chi connectivity index (χ1n) is 10.6. The van der Waals surface area contributed by atoms with Crippen LogP contribution in [0.15, 0.2) is 42.5 Å². The Kier molecular flexibility index (Phi) is 8.13. The number of amides is 4. The van der Waals surface area contributed by atoms with Crippen LogP contribution >= 0.6 is 0 Å². The summed E-state index contributed by atoms with van der Waals surface area (Å²) in [5.41, 5.74) is 0.883. The van der Waals surface area contributed by atoms with Crippen molar-refractivity contribution in [3.63, 3.8) is 0 Å². The number of likely N-dealkylation sites (tertiary alicyclic amines) is 1. The van der Waals surface area contributed by atoms with Gasteiger partial charge in [0, 0.05) is 43.5 Å². The molecule has 7 nitrogen and oxygen atoms in total. The van der Waals surface area contributed by atoms with Gasteiger partial charge in [-0.25, -0.2) is 13.6 Å². The molecule has 2 aromatic rings. The summed E-state index contributed by atoms with van der Waals surface area (Å²) in [6.07, 6.45) is 4.29. The Hall–Kier alpha value is -3.49. The molecule has 2 aromatic carbocycles. The van der Waals surface area contributed by atoms with Crippen LogP contribution in [0.4, 0.5) is 25.0 Å². The second-order valence-corrected chi connectivity index (χ2v) is 7.59. The summed E-state index contributed by atoms with van der Waals surface area (Å²) in [5, 5.41) is 7.98. The van der Waals surface area contributed by atoms with Crippen LogP contribution < -0.4 is 16.0 Å². The van der Waals surface area contributed by atoms with E-state index in [1.807, 2.05) is 4.90 Å². The average Bonchev–Trinajstić information content (AvgIpc) is 3.05. The number of nitrogens with zero attached hydrogens (tertiary/aromatic N) is 1. The highest BCUT2D eigenvalue weighted by Crippen LogP contribution is 2.16. The monoisotopic (exact) mass is 444 g/mol. The largest absolute Gasteiger partial charge is 0.351 e. The predicted molar refractivity (Wildman–Crippen MR) is 117 cm³/mol. The lowest BCUT2D eigenvalue weighted by Gasteiger charge is -2.20. The fourth-order valence-corrected chi connectivity index (χ4v) is 3.40. The van der Waals surface area contributed by atoms with Crippen molar-refractivity contribution >= 4 is 29.2 Å². The third kappa shape index (κ3) is 6.76. The van der Waals surface area contributed by atoms with E-state index in [2.05, 4.69) is 16.0 Å². The van der Waals surface area contributed by atoms with Gasteiger partial charge in [-0.3, -0.25) is 9.59 Å². The number of hydrogen-bond acceptors (Lipinski definition) is 3. The zero-order chi connectivity index (χ0) is 22.9. The highest BCUT2D eigenvalue weighted by atomic mass is 19.1. The van der Waals surface area contributed by atoms with E-state index in [4.69, 9.17) is 0 Å². The summed E-state index contributed by atoms with van der Waals surface area (Å²) in [7, 11) is 0. The van der Waals surface area contributed by atoms with E-state index in [0.29, 0.717) is 17.4 Å². The summed E-state index contributed by atoms with van der Waals surface area (Å²) in [6.45, 7) is 1.50. The number of halogens is 2. The molecule has 0 atom stereocenters. The molecule has 1 saturated heterocycles. The van der Waals surface area contributed by atoms with Gasteiger partial charge in [-0.05, 0) is 49.2 Å². The lowest BCUT2D eigenvalue weighted by atomic mass is 10.2. The van der Waals surface area contributed by atoms with E-state index in [0.717, 1.165) is 50.9 Å². The van der Waals surface area contributed by atoms with Crippen LogP contribution in [0, 0.1) is 11.6 Å². The molecule has 0 bridgehead atoms. The highest BCUT2D eigenvalue weighted by molar-refractivity contribution is 5.95. The molecular weight excluding hydrogens is 418 g/mol. The first-order chi connectivity index (χ1) is 15.4. The van der Waals surface area contributed by atoms with E-state index in [9.17, 15) is 23.2 Å². The number of hydrogen-bond donors (Lipinski definition) is 3. The van der Waals surface area contributed by atoms with Crippen LogP contribution in [0.25, 0.3) is 0 Å². The molecule has 1 aliphatic rings. The lowest BCUT2D eigenvalue weighted by molar-refractivity contribution is -0.116. The number of nitrogens with one attached hydrogen (secondary N) is 3. The van der Waals surface area contributed by atoms with Gasteiger partial charge in [0.2, 0.25) is 5.91 Å². The van der Waals surface area contributed by atoms with Gasteiger partial charge in [-0.15, -0.1) is 0 Å². The number of urea groups is 1. The van der Waals surface area contributed by atoms with Crippen LogP contribution in [0.5, 0.6) is 0 Å². The first kappa shape index (κ1) is 23.2. The fraction of sp³-hybridized carbons (Fsp3) is 0.348. The van der Waals surface area contributed by atoms with Crippen molar-refractivity contribution in [1.82, 2.24) is 10.2 Å². The van der Waals surface area contributed by atoms with Gasteiger partial charge < -0.3 is 20.9 Å². The maximum absolute atomic E-state index is 13.6. The second-order valence-electron chi connectivity index (χ2n) is 7.59.